The lowest BCUT2D eigenvalue weighted by Gasteiger charge is -2.21. The Hall–Kier alpha value is -2.27. The van der Waals surface area contributed by atoms with E-state index < -0.39 is 12.2 Å². The zero-order chi connectivity index (χ0) is 24.2. The summed E-state index contributed by atoms with van der Waals surface area (Å²) in [5.41, 5.74) is 0.151. The molecular formula is C23H26Cl2N2O7. The van der Waals surface area contributed by atoms with E-state index in [9.17, 15) is 20.1 Å². The summed E-state index contributed by atoms with van der Waals surface area (Å²) in [6.07, 6.45) is -1.23. The van der Waals surface area contributed by atoms with Gasteiger partial charge in [0.2, 0.25) is 0 Å². The number of phenolic OH excluding ortho intramolecular Hbond substituents is 1. The Morgan fingerprint density at radius 2 is 1.97 bits per heavy atom. The maximum absolute atomic E-state index is 12.9. The molecule has 0 saturated carbocycles. The fourth-order valence-electron chi connectivity index (χ4n) is 3.82. The highest BCUT2D eigenvalue weighted by Gasteiger charge is 2.30. The molecule has 4 rings (SSSR count). The number of rotatable bonds is 8. The average molecular weight is 513 g/mol. The zero-order valence-electron chi connectivity index (χ0n) is 18.3. The SMILES string of the molecule is O=C(c1cc(Cl)c(O)cc1OC[C@H](O)CN1C[C@@H](Oc2ccc(Cl)cc2)CO1)N1CCC(O)C1. The van der Waals surface area contributed by atoms with Gasteiger partial charge in [-0.2, -0.15) is 5.06 Å². The Labute approximate surface area is 206 Å². The number of aromatic hydroxyl groups is 1. The first-order valence-electron chi connectivity index (χ1n) is 10.9. The van der Waals surface area contributed by atoms with Crippen LogP contribution in [0.2, 0.25) is 10.0 Å². The largest absolute Gasteiger partial charge is 0.506 e. The van der Waals surface area contributed by atoms with E-state index in [2.05, 4.69) is 0 Å². The van der Waals surface area contributed by atoms with Crippen LogP contribution in [0.5, 0.6) is 17.2 Å². The number of halogens is 2. The van der Waals surface area contributed by atoms with Crippen molar-refractivity contribution in [2.24, 2.45) is 0 Å². The summed E-state index contributed by atoms with van der Waals surface area (Å²) in [5.74, 6) is 0.162. The molecule has 0 spiro atoms. The first-order chi connectivity index (χ1) is 16.3. The van der Waals surface area contributed by atoms with Crippen molar-refractivity contribution >= 4 is 29.1 Å². The molecule has 2 fully saturated rings. The molecule has 2 aromatic carbocycles. The van der Waals surface area contributed by atoms with E-state index in [0.29, 0.717) is 36.9 Å². The lowest BCUT2D eigenvalue weighted by molar-refractivity contribution is -0.131. The molecule has 0 bridgehead atoms. The minimum atomic E-state index is -0.941. The maximum atomic E-state index is 12.9. The number of hydrogen-bond donors (Lipinski definition) is 3. The number of benzene rings is 2. The molecule has 3 N–H and O–H groups in total. The Kier molecular flexibility index (Phi) is 8.02. The van der Waals surface area contributed by atoms with Crippen molar-refractivity contribution < 1.29 is 34.4 Å². The number of aliphatic hydroxyl groups excluding tert-OH is 2. The fourth-order valence-corrected chi connectivity index (χ4v) is 4.11. The summed E-state index contributed by atoms with van der Waals surface area (Å²) in [7, 11) is 0. The van der Waals surface area contributed by atoms with Gasteiger partial charge in [-0.05, 0) is 36.8 Å². The van der Waals surface area contributed by atoms with Crippen molar-refractivity contribution in [3.05, 3.63) is 52.0 Å². The first kappa shape index (κ1) is 24.8. The number of nitrogens with zero attached hydrogens (tertiary/aromatic N) is 2. The van der Waals surface area contributed by atoms with Crippen molar-refractivity contribution in [3.8, 4) is 17.2 Å². The molecule has 184 valence electrons. The molecule has 11 heteroatoms. The highest BCUT2D eigenvalue weighted by molar-refractivity contribution is 6.32. The number of β-amino-alcohol motifs (C(OH)–C–C–N with tert-alkyl or cyclic N) is 2. The summed E-state index contributed by atoms with van der Waals surface area (Å²) in [6, 6.07) is 9.61. The lowest BCUT2D eigenvalue weighted by Crippen LogP contribution is -2.35. The summed E-state index contributed by atoms with van der Waals surface area (Å²) in [6.45, 7) is 1.41. The maximum Gasteiger partial charge on any atom is 0.257 e. The minimum absolute atomic E-state index is 0.00758. The Morgan fingerprint density at radius 1 is 1.21 bits per heavy atom. The van der Waals surface area contributed by atoms with Gasteiger partial charge in [0, 0.05) is 24.2 Å². The van der Waals surface area contributed by atoms with E-state index in [-0.39, 0.29) is 53.8 Å². The van der Waals surface area contributed by atoms with Gasteiger partial charge in [0.15, 0.2) is 0 Å². The predicted molar refractivity (Wildman–Crippen MR) is 125 cm³/mol. The molecule has 0 radical (unpaired) electrons. The molecule has 2 heterocycles. The first-order valence-corrected chi connectivity index (χ1v) is 11.6. The van der Waals surface area contributed by atoms with Gasteiger partial charge in [-0.15, -0.1) is 0 Å². The smallest absolute Gasteiger partial charge is 0.257 e. The van der Waals surface area contributed by atoms with Crippen molar-refractivity contribution in [1.82, 2.24) is 9.96 Å². The number of ether oxygens (including phenoxy) is 2. The molecule has 2 aromatic rings. The average Bonchev–Trinajstić information content (AvgIpc) is 3.44. The van der Waals surface area contributed by atoms with Gasteiger partial charge in [0.1, 0.15) is 42.7 Å². The molecule has 34 heavy (non-hydrogen) atoms. The zero-order valence-corrected chi connectivity index (χ0v) is 19.8. The van der Waals surface area contributed by atoms with E-state index >= 15 is 0 Å². The fraction of sp³-hybridized carbons (Fsp3) is 0.435. The molecular weight excluding hydrogens is 487 g/mol. The van der Waals surface area contributed by atoms with Crippen molar-refractivity contribution in [3.63, 3.8) is 0 Å². The lowest BCUT2D eigenvalue weighted by atomic mass is 10.1. The van der Waals surface area contributed by atoms with Crippen LogP contribution in [0.1, 0.15) is 16.8 Å². The molecule has 0 aromatic heterocycles. The van der Waals surface area contributed by atoms with E-state index in [1.807, 2.05) is 0 Å². The second kappa shape index (κ2) is 11.0. The van der Waals surface area contributed by atoms with Crippen LogP contribution in [-0.2, 0) is 4.84 Å². The van der Waals surface area contributed by atoms with Gasteiger partial charge >= 0.3 is 0 Å². The number of phenols is 1. The second-order valence-corrected chi connectivity index (χ2v) is 9.14. The second-order valence-electron chi connectivity index (χ2n) is 8.29. The number of likely N-dealkylation sites (tertiary alicyclic amines) is 1. The van der Waals surface area contributed by atoms with Crippen LogP contribution in [0, 0.1) is 0 Å². The van der Waals surface area contributed by atoms with Crippen LogP contribution in [0.25, 0.3) is 0 Å². The molecule has 0 aliphatic carbocycles. The number of carbonyl (C=O) groups excluding carboxylic acids is 1. The van der Waals surface area contributed by atoms with Gasteiger partial charge in [-0.1, -0.05) is 23.2 Å². The van der Waals surface area contributed by atoms with Gasteiger partial charge < -0.3 is 29.7 Å². The predicted octanol–water partition coefficient (Wildman–Crippen LogP) is 2.34. The number of aliphatic hydroxyl groups is 2. The van der Waals surface area contributed by atoms with Crippen LogP contribution in [0.15, 0.2) is 36.4 Å². The van der Waals surface area contributed by atoms with Crippen LogP contribution in [-0.4, -0.2) is 88.9 Å². The van der Waals surface area contributed by atoms with Crippen molar-refractivity contribution in [2.75, 3.05) is 39.4 Å². The third-order valence-corrected chi connectivity index (χ3v) is 6.10. The van der Waals surface area contributed by atoms with E-state index in [0.717, 1.165) is 0 Å². The number of carbonyl (C=O) groups is 1. The van der Waals surface area contributed by atoms with Gasteiger partial charge in [0.25, 0.3) is 5.91 Å². The Balaban J connectivity index is 1.31. The molecule has 2 aliphatic rings. The highest BCUT2D eigenvalue weighted by atomic mass is 35.5. The molecule has 1 unspecified atom stereocenters. The molecule has 1 amide bonds. The third kappa shape index (κ3) is 6.24. The molecule has 2 saturated heterocycles. The van der Waals surface area contributed by atoms with Crippen LogP contribution < -0.4 is 9.47 Å². The number of hydrogen-bond acceptors (Lipinski definition) is 8. The summed E-state index contributed by atoms with van der Waals surface area (Å²) < 4.78 is 11.5. The molecule has 2 aliphatic heterocycles. The van der Waals surface area contributed by atoms with Gasteiger partial charge in [-0.3, -0.25) is 9.63 Å². The van der Waals surface area contributed by atoms with Crippen LogP contribution in [0.3, 0.4) is 0 Å². The number of amides is 1. The van der Waals surface area contributed by atoms with E-state index in [1.54, 1.807) is 29.3 Å². The topological polar surface area (TPSA) is 112 Å². The van der Waals surface area contributed by atoms with Gasteiger partial charge in [0.05, 0.1) is 29.8 Å². The molecule has 9 nitrogen and oxygen atoms in total. The number of hydroxylamine groups is 2. The Morgan fingerprint density at radius 3 is 2.68 bits per heavy atom. The normalized spacial score (nSPS) is 21.6. The third-order valence-electron chi connectivity index (χ3n) is 5.54. The minimum Gasteiger partial charge on any atom is -0.506 e. The van der Waals surface area contributed by atoms with Crippen LogP contribution >= 0.6 is 23.2 Å². The molecule has 3 atom stereocenters. The van der Waals surface area contributed by atoms with Gasteiger partial charge in [-0.25, -0.2) is 0 Å². The van der Waals surface area contributed by atoms with Crippen LogP contribution in [0.4, 0.5) is 0 Å². The van der Waals surface area contributed by atoms with Crippen molar-refractivity contribution in [1.29, 1.82) is 0 Å². The summed E-state index contributed by atoms with van der Waals surface area (Å²) >= 11 is 11.9. The van der Waals surface area contributed by atoms with Crippen molar-refractivity contribution in [2.45, 2.75) is 24.7 Å². The summed E-state index contributed by atoms with van der Waals surface area (Å²) in [4.78, 5) is 20.0. The highest BCUT2D eigenvalue weighted by Crippen LogP contribution is 2.33. The monoisotopic (exact) mass is 512 g/mol. The Bertz CT molecular complexity index is 1010. The summed E-state index contributed by atoms with van der Waals surface area (Å²) in [5, 5.41) is 32.4. The standard InChI is InChI=1S/C23H26Cl2N2O7/c24-14-1-3-17(4-2-14)34-18-11-27(33-13-18)10-16(29)12-32-22-8-21(30)20(25)7-19(22)23(31)26-6-5-15(28)9-26/h1-4,7-8,15-16,18,28-30H,5-6,9-13H2/t15?,16-,18-/m1/s1. The van der Waals surface area contributed by atoms with E-state index in [4.69, 9.17) is 37.5 Å². The quantitative estimate of drug-likeness (QED) is 0.494. The van der Waals surface area contributed by atoms with E-state index in [1.165, 1.54) is 17.0 Å².